The van der Waals surface area contributed by atoms with E-state index in [4.69, 9.17) is 10.2 Å². The van der Waals surface area contributed by atoms with Crippen molar-refractivity contribution in [1.82, 2.24) is 4.90 Å². The molecule has 1 saturated heterocycles. The largest absolute Gasteiger partial charge is 0.468 e. The van der Waals surface area contributed by atoms with Crippen molar-refractivity contribution in [2.75, 3.05) is 31.1 Å². The fourth-order valence-electron chi connectivity index (χ4n) is 3.13. The highest BCUT2D eigenvalue weighted by Gasteiger charge is 2.29. The summed E-state index contributed by atoms with van der Waals surface area (Å²) in [6, 6.07) is 14.8. The van der Waals surface area contributed by atoms with Gasteiger partial charge in [0, 0.05) is 37.9 Å². The van der Waals surface area contributed by atoms with Crippen molar-refractivity contribution in [3.8, 4) is 0 Å². The van der Waals surface area contributed by atoms with Gasteiger partial charge in [0.2, 0.25) is 0 Å². The van der Waals surface area contributed by atoms with Crippen molar-refractivity contribution in [2.24, 2.45) is 5.73 Å². The molecule has 2 aromatic rings. The number of anilines is 1. The summed E-state index contributed by atoms with van der Waals surface area (Å²) in [6.07, 6.45) is 1.73. The predicted molar refractivity (Wildman–Crippen MR) is 85.3 cm³/mol. The van der Waals surface area contributed by atoms with E-state index in [1.165, 1.54) is 5.69 Å². The van der Waals surface area contributed by atoms with E-state index in [0.717, 1.165) is 31.9 Å². The topological polar surface area (TPSA) is 45.6 Å². The third kappa shape index (κ3) is 3.12. The Bertz CT molecular complexity index is 530. The molecule has 0 bridgehead atoms. The zero-order chi connectivity index (χ0) is 14.7. The molecule has 1 aliphatic rings. The fourth-order valence-corrected chi connectivity index (χ4v) is 3.13. The average molecular weight is 285 g/mol. The minimum atomic E-state index is 0.0550. The van der Waals surface area contributed by atoms with Crippen LogP contribution in [-0.2, 0) is 0 Å². The van der Waals surface area contributed by atoms with Crippen LogP contribution < -0.4 is 10.6 Å². The van der Waals surface area contributed by atoms with Crippen molar-refractivity contribution in [3.63, 3.8) is 0 Å². The third-order valence-electron chi connectivity index (χ3n) is 4.16. The molecule has 1 fully saturated rings. The van der Waals surface area contributed by atoms with Crippen molar-refractivity contribution in [3.05, 3.63) is 54.5 Å². The van der Waals surface area contributed by atoms with E-state index in [1.54, 1.807) is 6.26 Å². The SMILES string of the molecule is CC(N)C(c1ccco1)N1CCN(c2ccccc2)CC1. The Balaban J connectivity index is 1.67. The number of rotatable bonds is 4. The number of piperazine rings is 1. The summed E-state index contributed by atoms with van der Waals surface area (Å²) in [5.74, 6) is 0.971. The Morgan fingerprint density at radius 3 is 2.29 bits per heavy atom. The van der Waals surface area contributed by atoms with Crippen LogP contribution in [0.15, 0.2) is 53.1 Å². The molecular formula is C17H23N3O. The van der Waals surface area contributed by atoms with Gasteiger partial charge in [-0.05, 0) is 31.2 Å². The number of nitrogens with two attached hydrogens (primary N) is 1. The molecule has 4 nitrogen and oxygen atoms in total. The molecule has 2 N–H and O–H groups in total. The van der Waals surface area contributed by atoms with Crippen LogP contribution in [0.1, 0.15) is 18.7 Å². The van der Waals surface area contributed by atoms with Crippen molar-refractivity contribution >= 4 is 5.69 Å². The minimum Gasteiger partial charge on any atom is -0.468 e. The quantitative estimate of drug-likeness (QED) is 0.937. The predicted octanol–water partition coefficient (Wildman–Crippen LogP) is 2.49. The van der Waals surface area contributed by atoms with Crippen molar-refractivity contribution < 1.29 is 4.42 Å². The molecule has 0 amide bonds. The lowest BCUT2D eigenvalue weighted by Crippen LogP contribution is -2.50. The molecule has 1 aromatic heterocycles. The monoisotopic (exact) mass is 285 g/mol. The molecule has 1 aromatic carbocycles. The normalized spacial score (nSPS) is 19.4. The van der Waals surface area contributed by atoms with Gasteiger partial charge >= 0.3 is 0 Å². The number of para-hydroxylation sites is 1. The lowest BCUT2D eigenvalue weighted by molar-refractivity contribution is 0.146. The van der Waals surface area contributed by atoms with Gasteiger partial charge in [0.25, 0.3) is 0 Å². The van der Waals surface area contributed by atoms with Crippen LogP contribution in [0.3, 0.4) is 0 Å². The smallest absolute Gasteiger partial charge is 0.122 e. The second-order valence-electron chi connectivity index (χ2n) is 5.68. The lowest BCUT2D eigenvalue weighted by Gasteiger charge is -2.40. The molecule has 0 saturated carbocycles. The van der Waals surface area contributed by atoms with Crippen LogP contribution >= 0.6 is 0 Å². The highest BCUT2D eigenvalue weighted by molar-refractivity contribution is 5.46. The third-order valence-corrected chi connectivity index (χ3v) is 4.16. The summed E-state index contributed by atoms with van der Waals surface area (Å²) in [5, 5.41) is 0. The first-order valence-corrected chi connectivity index (χ1v) is 7.59. The van der Waals surface area contributed by atoms with Gasteiger partial charge in [-0.3, -0.25) is 4.90 Å². The zero-order valence-electron chi connectivity index (χ0n) is 12.5. The highest BCUT2D eigenvalue weighted by Crippen LogP contribution is 2.26. The second-order valence-corrected chi connectivity index (χ2v) is 5.68. The Labute approximate surface area is 126 Å². The van der Waals surface area contributed by atoms with Crippen molar-refractivity contribution in [1.29, 1.82) is 0 Å². The molecule has 2 heterocycles. The summed E-state index contributed by atoms with van der Waals surface area (Å²) < 4.78 is 5.59. The van der Waals surface area contributed by atoms with Gasteiger partial charge < -0.3 is 15.1 Å². The molecule has 0 aliphatic carbocycles. The molecule has 3 rings (SSSR count). The Morgan fingerprint density at radius 2 is 1.71 bits per heavy atom. The molecular weight excluding hydrogens is 262 g/mol. The van der Waals surface area contributed by atoms with Crippen LogP contribution in [-0.4, -0.2) is 37.1 Å². The number of benzene rings is 1. The highest BCUT2D eigenvalue weighted by atomic mass is 16.3. The number of furan rings is 1. The summed E-state index contributed by atoms with van der Waals surface area (Å²) in [6.45, 7) is 6.10. The Hall–Kier alpha value is -1.78. The summed E-state index contributed by atoms with van der Waals surface area (Å²) in [5.41, 5.74) is 7.49. The van der Waals surface area contributed by atoms with Gasteiger partial charge in [0.15, 0.2) is 0 Å². The van der Waals surface area contributed by atoms with Crippen LogP contribution in [0.5, 0.6) is 0 Å². The van der Waals surface area contributed by atoms with Crippen LogP contribution in [0.2, 0.25) is 0 Å². The van der Waals surface area contributed by atoms with Gasteiger partial charge in [-0.1, -0.05) is 18.2 Å². The molecule has 112 valence electrons. The van der Waals surface area contributed by atoms with Gasteiger partial charge in [0.1, 0.15) is 5.76 Å². The van der Waals surface area contributed by atoms with Crippen LogP contribution in [0.4, 0.5) is 5.69 Å². The maximum absolute atomic E-state index is 6.19. The summed E-state index contributed by atoms with van der Waals surface area (Å²) >= 11 is 0. The van der Waals surface area contributed by atoms with E-state index < -0.39 is 0 Å². The Kier molecular flexibility index (Phi) is 4.27. The van der Waals surface area contributed by atoms with E-state index in [1.807, 2.05) is 12.1 Å². The number of nitrogens with zero attached hydrogens (tertiary/aromatic N) is 2. The first kappa shape index (κ1) is 14.2. The van der Waals surface area contributed by atoms with Crippen LogP contribution in [0, 0.1) is 0 Å². The van der Waals surface area contributed by atoms with E-state index in [-0.39, 0.29) is 12.1 Å². The standard InChI is InChI=1S/C17H23N3O/c1-14(18)17(16-8-5-13-21-16)20-11-9-19(10-12-20)15-6-3-2-4-7-15/h2-8,13-14,17H,9-12,18H2,1H3. The van der Waals surface area contributed by atoms with Crippen LogP contribution in [0.25, 0.3) is 0 Å². The minimum absolute atomic E-state index is 0.0550. The zero-order valence-corrected chi connectivity index (χ0v) is 12.5. The van der Waals surface area contributed by atoms with Gasteiger partial charge in [-0.2, -0.15) is 0 Å². The molecule has 4 heteroatoms. The first-order chi connectivity index (χ1) is 10.3. The van der Waals surface area contributed by atoms with Gasteiger partial charge in [-0.25, -0.2) is 0 Å². The van der Waals surface area contributed by atoms with E-state index in [2.05, 4.69) is 47.1 Å². The number of hydrogen-bond donors (Lipinski definition) is 1. The molecule has 2 atom stereocenters. The van der Waals surface area contributed by atoms with E-state index in [9.17, 15) is 0 Å². The lowest BCUT2D eigenvalue weighted by atomic mass is 10.0. The van der Waals surface area contributed by atoms with Gasteiger partial charge in [-0.15, -0.1) is 0 Å². The molecule has 0 spiro atoms. The summed E-state index contributed by atoms with van der Waals surface area (Å²) in [4.78, 5) is 4.86. The fraction of sp³-hybridized carbons (Fsp3) is 0.412. The molecule has 21 heavy (non-hydrogen) atoms. The molecule has 0 radical (unpaired) electrons. The number of hydrogen-bond acceptors (Lipinski definition) is 4. The average Bonchev–Trinajstić information content (AvgIpc) is 3.03. The maximum atomic E-state index is 6.19. The Morgan fingerprint density at radius 1 is 1.00 bits per heavy atom. The van der Waals surface area contributed by atoms with Crippen molar-refractivity contribution in [2.45, 2.75) is 19.0 Å². The molecule has 1 aliphatic heterocycles. The van der Waals surface area contributed by atoms with E-state index in [0.29, 0.717) is 0 Å². The molecule has 2 unspecified atom stereocenters. The second kappa shape index (κ2) is 6.33. The maximum Gasteiger partial charge on any atom is 0.122 e. The van der Waals surface area contributed by atoms with Gasteiger partial charge in [0.05, 0.1) is 12.3 Å². The first-order valence-electron chi connectivity index (χ1n) is 7.59. The van der Waals surface area contributed by atoms with E-state index >= 15 is 0 Å². The summed E-state index contributed by atoms with van der Waals surface area (Å²) in [7, 11) is 0.